The number of benzene rings is 1. The van der Waals surface area contributed by atoms with Gasteiger partial charge in [0.25, 0.3) is 0 Å². The molecule has 2 aromatic rings. The highest BCUT2D eigenvalue weighted by molar-refractivity contribution is 7.98. The number of thioether (sulfide) groups is 1. The number of aromatic amines is 1. The zero-order valence-electron chi connectivity index (χ0n) is 7.47. The summed E-state index contributed by atoms with van der Waals surface area (Å²) in [5.41, 5.74) is 7.60. The Labute approximate surface area is 85.9 Å². The number of H-pyrrole nitrogens is 1. The predicted molar refractivity (Wildman–Crippen MR) is 56.8 cm³/mol. The molecule has 0 saturated carbocycles. The van der Waals surface area contributed by atoms with Gasteiger partial charge in [-0.25, -0.2) is 4.98 Å². The fourth-order valence-corrected chi connectivity index (χ4v) is 1.76. The molecule has 0 fully saturated rings. The molecule has 0 radical (unpaired) electrons. The quantitative estimate of drug-likeness (QED) is 0.592. The van der Waals surface area contributed by atoms with Crippen molar-refractivity contribution >= 4 is 17.4 Å². The highest BCUT2D eigenvalue weighted by atomic mass is 32.2. The first kappa shape index (κ1) is 9.08. The molecule has 1 aromatic carbocycles. The number of hydrogen-bond donors (Lipinski definition) is 2. The van der Waals surface area contributed by atoms with Gasteiger partial charge in [0.05, 0.1) is 0 Å². The minimum atomic E-state index is 0.790. The summed E-state index contributed by atoms with van der Waals surface area (Å²) in [7, 11) is 0. The van der Waals surface area contributed by atoms with Crippen LogP contribution in [0.25, 0.3) is 0 Å². The number of anilines is 1. The minimum Gasteiger partial charge on any atom is -0.399 e. The summed E-state index contributed by atoms with van der Waals surface area (Å²) in [5, 5.41) is 7.40. The Kier molecular flexibility index (Phi) is 2.69. The van der Waals surface area contributed by atoms with Gasteiger partial charge in [-0.15, -0.1) is 0 Å². The summed E-state index contributed by atoms with van der Waals surface area (Å²) in [6, 6.07) is 7.82. The molecule has 14 heavy (non-hydrogen) atoms. The van der Waals surface area contributed by atoms with Crippen molar-refractivity contribution in [2.75, 3.05) is 5.73 Å². The molecule has 0 aliphatic heterocycles. The highest BCUT2D eigenvalue weighted by Gasteiger charge is 1.97. The third kappa shape index (κ3) is 2.26. The van der Waals surface area contributed by atoms with Crippen LogP contribution in [0.1, 0.15) is 5.56 Å². The summed E-state index contributed by atoms with van der Waals surface area (Å²) >= 11 is 1.62. The highest BCUT2D eigenvalue weighted by Crippen LogP contribution is 2.18. The number of nitrogens with zero attached hydrogens (tertiary/aromatic N) is 2. The number of aromatic nitrogens is 3. The Morgan fingerprint density at radius 1 is 1.29 bits per heavy atom. The molecule has 0 aliphatic carbocycles. The molecule has 2 rings (SSSR count). The zero-order chi connectivity index (χ0) is 9.80. The van der Waals surface area contributed by atoms with E-state index >= 15 is 0 Å². The van der Waals surface area contributed by atoms with E-state index in [0.29, 0.717) is 0 Å². The number of nitrogens with one attached hydrogen (secondary N) is 1. The van der Waals surface area contributed by atoms with E-state index in [1.165, 1.54) is 11.9 Å². The van der Waals surface area contributed by atoms with E-state index in [4.69, 9.17) is 5.73 Å². The van der Waals surface area contributed by atoms with Crippen LogP contribution in [0.4, 0.5) is 5.69 Å². The van der Waals surface area contributed by atoms with Crippen molar-refractivity contribution in [2.24, 2.45) is 0 Å². The van der Waals surface area contributed by atoms with Crippen LogP contribution in [0.2, 0.25) is 0 Å². The van der Waals surface area contributed by atoms with Crippen LogP contribution < -0.4 is 5.73 Å². The van der Waals surface area contributed by atoms with Crippen molar-refractivity contribution in [2.45, 2.75) is 10.9 Å². The summed E-state index contributed by atoms with van der Waals surface area (Å²) in [6.45, 7) is 0. The third-order valence-electron chi connectivity index (χ3n) is 1.75. The van der Waals surface area contributed by atoms with E-state index in [2.05, 4.69) is 15.2 Å². The fraction of sp³-hybridized carbons (Fsp3) is 0.111. The topological polar surface area (TPSA) is 67.6 Å². The lowest BCUT2D eigenvalue weighted by Gasteiger charge is -1.99. The lowest BCUT2D eigenvalue weighted by atomic mass is 10.2. The Morgan fingerprint density at radius 3 is 2.71 bits per heavy atom. The molecular formula is C9H10N4S. The largest absolute Gasteiger partial charge is 0.399 e. The van der Waals surface area contributed by atoms with Gasteiger partial charge < -0.3 is 5.73 Å². The second kappa shape index (κ2) is 4.15. The Hall–Kier alpha value is -1.49. The molecule has 0 atom stereocenters. The maximum atomic E-state index is 5.58. The smallest absolute Gasteiger partial charge is 0.183 e. The van der Waals surface area contributed by atoms with Gasteiger partial charge in [-0.3, -0.25) is 5.10 Å². The molecule has 3 N–H and O–H groups in total. The van der Waals surface area contributed by atoms with Crippen LogP contribution in [0.15, 0.2) is 35.7 Å². The monoisotopic (exact) mass is 206 g/mol. The van der Waals surface area contributed by atoms with Crippen LogP contribution in [-0.2, 0) is 5.75 Å². The average Bonchev–Trinajstić information content (AvgIpc) is 2.70. The van der Waals surface area contributed by atoms with Gasteiger partial charge in [-0.05, 0) is 17.7 Å². The fourth-order valence-electron chi connectivity index (χ4n) is 1.03. The second-order valence-electron chi connectivity index (χ2n) is 2.82. The first-order valence-electron chi connectivity index (χ1n) is 4.17. The van der Waals surface area contributed by atoms with Crippen LogP contribution in [-0.4, -0.2) is 15.2 Å². The molecule has 0 bridgehead atoms. The minimum absolute atomic E-state index is 0.790. The molecule has 0 amide bonds. The number of nitrogens with two attached hydrogens (primary N) is 1. The van der Waals surface area contributed by atoms with E-state index < -0.39 is 0 Å². The lowest BCUT2D eigenvalue weighted by Crippen LogP contribution is -1.86. The van der Waals surface area contributed by atoms with Crippen LogP contribution >= 0.6 is 11.8 Å². The summed E-state index contributed by atoms with van der Waals surface area (Å²) in [6.07, 6.45) is 1.51. The van der Waals surface area contributed by atoms with E-state index in [1.54, 1.807) is 11.8 Å². The molecule has 1 heterocycles. The van der Waals surface area contributed by atoms with Gasteiger partial charge in [-0.1, -0.05) is 23.9 Å². The maximum Gasteiger partial charge on any atom is 0.183 e. The predicted octanol–water partition coefficient (Wildman–Crippen LogP) is 1.68. The molecule has 0 unspecified atom stereocenters. The van der Waals surface area contributed by atoms with Gasteiger partial charge >= 0.3 is 0 Å². The van der Waals surface area contributed by atoms with Gasteiger partial charge in [0, 0.05) is 11.4 Å². The molecule has 0 saturated heterocycles. The molecule has 1 aromatic heterocycles. The SMILES string of the molecule is Nc1ccc(CSc2ncn[nH]2)cc1. The Bertz CT molecular complexity index is 382. The van der Waals surface area contributed by atoms with Crippen molar-refractivity contribution in [1.29, 1.82) is 0 Å². The van der Waals surface area contributed by atoms with Crippen molar-refractivity contribution < 1.29 is 0 Å². The molecular weight excluding hydrogens is 196 g/mol. The normalized spacial score (nSPS) is 10.3. The molecule has 5 heteroatoms. The summed E-state index contributed by atoms with van der Waals surface area (Å²) in [4.78, 5) is 4.02. The zero-order valence-corrected chi connectivity index (χ0v) is 8.29. The standard InChI is InChI=1S/C9H10N4S/c10-8-3-1-7(2-4-8)5-14-9-11-6-12-13-9/h1-4,6H,5,10H2,(H,11,12,13). The van der Waals surface area contributed by atoms with Crippen molar-refractivity contribution in [3.63, 3.8) is 0 Å². The van der Waals surface area contributed by atoms with E-state index in [-0.39, 0.29) is 0 Å². The average molecular weight is 206 g/mol. The van der Waals surface area contributed by atoms with E-state index in [1.807, 2.05) is 24.3 Å². The summed E-state index contributed by atoms with van der Waals surface area (Å²) < 4.78 is 0. The number of nitrogen functional groups attached to an aromatic ring is 1. The Morgan fingerprint density at radius 2 is 2.07 bits per heavy atom. The first-order valence-corrected chi connectivity index (χ1v) is 5.16. The molecule has 0 spiro atoms. The van der Waals surface area contributed by atoms with Gasteiger partial charge in [0.15, 0.2) is 5.16 Å². The molecule has 72 valence electrons. The van der Waals surface area contributed by atoms with Crippen molar-refractivity contribution in [3.8, 4) is 0 Å². The van der Waals surface area contributed by atoms with Crippen LogP contribution in [0.3, 0.4) is 0 Å². The Balaban J connectivity index is 1.95. The third-order valence-corrected chi connectivity index (χ3v) is 2.70. The van der Waals surface area contributed by atoms with E-state index in [9.17, 15) is 0 Å². The van der Waals surface area contributed by atoms with Gasteiger partial charge in [0.1, 0.15) is 6.33 Å². The van der Waals surface area contributed by atoms with Crippen LogP contribution in [0.5, 0.6) is 0 Å². The first-order chi connectivity index (χ1) is 6.84. The van der Waals surface area contributed by atoms with Gasteiger partial charge in [0.2, 0.25) is 0 Å². The number of rotatable bonds is 3. The summed E-state index contributed by atoms with van der Waals surface area (Å²) in [5.74, 6) is 0.871. The molecule has 4 nitrogen and oxygen atoms in total. The molecule has 0 aliphatic rings. The lowest BCUT2D eigenvalue weighted by molar-refractivity contribution is 0.973. The number of hydrogen-bond acceptors (Lipinski definition) is 4. The van der Waals surface area contributed by atoms with Crippen molar-refractivity contribution in [1.82, 2.24) is 15.2 Å². The van der Waals surface area contributed by atoms with Gasteiger partial charge in [-0.2, -0.15) is 5.10 Å². The van der Waals surface area contributed by atoms with Crippen molar-refractivity contribution in [3.05, 3.63) is 36.2 Å². The maximum absolute atomic E-state index is 5.58. The second-order valence-corrected chi connectivity index (χ2v) is 3.78. The van der Waals surface area contributed by atoms with Crippen LogP contribution in [0, 0.1) is 0 Å². The van der Waals surface area contributed by atoms with E-state index in [0.717, 1.165) is 16.6 Å².